The molecule has 0 N–H and O–H groups in total. The van der Waals surface area contributed by atoms with E-state index in [0.717, 1.165) is 0 Å². The first-order chi connectivity index (χ1) is 6.63. The monoisotopic (exact) mass is 196 g/mol. The maximum absolute atomic E-state index is 11.4. The van der Waals surface area contributed by atoms with Crippen LogP contribution in [0.1, 0.15) is 23.8 Å². The van der Waals surface area contributed by atoms with Crippen LogP contribution >= 0.6 is 0 Å². The van der Waals surface area contributed by atoms with E-state index in [4.69, 9.17) is 0 Å². The third-order valence-electron chi connectivity index (χ3n) is 1.61. The Balaban J connectivity index is 2.55. The minimum Gasteiger partial charge on any atom is -0.466 e. The van der Waals surface area contributed by atoms with Crippen LogP contribution in [0.25, 0.3) is 0 Å². The number of carbonyl (C=O) groups excluding carboxylic acids is 2. The average Bonchev–Trinajstić information content (AvgIpc) is 2.52. The number of esters is 1. The molecule has 0 saturated heterocycles. The molecule has 0 aliphatic carbocycles. The molecule has 0 fully saturated rings. The lowest BCUT2D eigenvalue weighted by Gasteiger charge is -1.98. The van der Waals surface area contributed by atoms with Gasteiger partial charge in [-0.25, -0.2) is 0 Å². The number of ether oxygens (including phenoxy) is 1. The number of Topliss-reactive ketones (excluding diaryl/α,β-unsaturated/α-hetero) is 1. The highest BCUT2D eigenvalue weighted by molar-refractivity contribution is 6.04. The molecule has 1 heterocycles. The topological polar surface area (TPSA) is 61.2 Å². The molecule has 0 bridgehead atoms. The Morgan fingerprint density at radius 1 is 1.57 bits per heavy atom. The van der Waals surface area contributed by atoms with Crippen LogP contribution in [0.2, 0.25) is 0 Å². The summed E-state index contributed by atoms with van der Waals surface area (Å²) in [6, 6.07) is 1.57. The molecule has 1 aromatic heterocycles. The predicted octanol–water partition coefficient (Wildman–Crippen LogP) is 0.556. The van der Waals surface area contributed by atoms with Gasteiger partial charge in [0, 0.05) is 13.2 Å². The number of rotatable bonds is 4. The first-order valence-corrected chi connectivity index (χ1v) is 4.32. The molecule has 5 nitrogen and oxygen atoms in total. The van der Waals surface area contributed by atoms with E-state index in [-0.39, 0.29) is 18.8 Å². The Morgan fingerprint density at radius 2 is 2.29 bits per heavy atom. The zero-order valence-electron chi connectivity index (χ0n) is 8.19. The highest BCUT2D eigenvalue weighted by atomic mass is 16.5. The van der Waals surface area contributed by atoms with Gasteiger partial charge in [-0.2, -0.15) is 5.10 Å². The molecule has 0 spiro atoms. The van der Waals surface area contributed by atoms with E-state index in [0.29, 0.717) is 5.69 Å². The van der Waals surface area contributed by atoms with Crippen molar-refractivity contribution in [3.05, 3.63) is 18.0 Å². The average molecular weight is 196 g/mol. The lowest BCUT2D eigenvalue weighted by Crippen LogP contribution is -2.12. The third kappa shape index (κ3) is 2.69. The normalized spacial score (nSPS) is 9.86. The van der Waals surface area contributed by atoms with Crippen molar-refractivity contribution in [2.75, 3.05) is 6.61 Å². The number of hydrogen-bond donors (Lipinski definition) is 0. The Bertz CT molecular complexity index is 344. The van der Waals surface area contributed by atoms with E-state index in [1.807, 2.05) is 0 Å². The van der Waals surface area contributed by atoms with Gasteiger partial charge in [0.1, 0.15) is 12.1 Å². The summed E-state index contributed by atoms with van der Waals surface area (Å²) in [5.41, 5.74) is 0.292. The van der Waals surface area contributed by atoms with Crippen molar-refractivity contribution in [3.8, 4) is 0 Å². The summed E-state index contributed by atoms with van der Waals surface area (Å²) < 4.78 is 6.16. The second-order valence-electron chi connectivity index (χ2n) is 2.78. The van der Waals surface area contributed by atoms with E-state index >= 15 is 0 Å². The fourth-order valence-corrected chi connectivity index (χ4v) is 0.997. The number of carbonyl (C=O) groups is 2. The summed E-state index contributed by atoms with van der Waals surface area (Å²) in [5.74, 6) is -0.827. The second-order valence-corrected chi connectivity index (χ2v) is 2.78. The van der Waals surface area contributed by atoms with Gasteiger partial charge in [-0.05, 0) is 13.0 Å². The maximum atomic E-state index is 11.4. The molecule has 0 aliphatic rings. The SMILES string of the molecule is CCOC(=O)CC(=O)c1ccn(C)n1. The first kappa shape index (κ1) is 10.4. The number of aromatic nitrogens is 2. The molecule has 14 heavy (non-hydrogen) atoms. The van der Waals surface area contributed by atoms with Gasteiger partial charge in [0.25, 0.3) is 0 Å². The molecular formula is C9H12N2O3. The summed E-state index contributed by atoms with van der Waals surface area (Å²) in [6.45, 7) is 1.98. The lowest BCUT2D eigenvalue weighted by molar-refractivity contribution is -0.141. The van der Waals surface area contributed by atoms with Gasteiger partial charge in [0.15, 0.2) is 5.78 Å². The fourth-order valence-electron chi connectivity index (χ4n) is 0.997. The number of ketones is 1. The van der Waals surface area contributed by atoms with Crippen molar-refractivity contribution in [2.24, 2.45) is 7.05 Å². The lowest BCUT2D eigenvalue weighted by atomic mass is 10.2. The summed E-state index contributed by atoms with van der Waals surface area (Å²) in [6.07, 6.45) is 1.41. The van der Waals surface area contributed by atoms with Crippen molar-refractivity contribution in [2.45, 2.75) is 13.3 Å². The van der Waals surface area contributed by atoms with Gasteiger partial charge in [0.2, 0.25) is 0 Å². The van der Waals surface area contributed by atoms with Crippen molar-refractivity contribution in [3.63, 3.8) is 0 Å². The zero-order valence-corrected chi connectivity index (χ0v) is 8.19. The van der Waals surface area contributed by atoms with Crippen LogP contribution in [0.4, 0.5) is 0 Å². The minimum atomic E-state index is -0.511. The van der Waals surface area contributed by atoms with Crippen molar-refractivity contribution < 1.29 is 14.3 Å². The molecular weight excluding hydrogens is 184 g/mol. The maximum Gasteiger partial charge on any atom is 0.313 e. The van der Waals surface area contributed by atoms with Gasteiger partial charge >= 0.3 is 5.97 Å². The van der Waals surface area contributed by atoms with E-state index in [2.05, 4.69) is 9.84 Å². The first-order valence-electron chi connectivity index (χ1n) is 4.32. The summed E-state index contributed by atoms with van der Waals surface area (Å²) in [7, 11) is 1.71. The van der Waals surface area contributed by atoms with E-state index in [1.54, 1.807) is 26.2 Å². The fraction of sp³-hybridized carbons (Fsp3) is 0.444. The van der Waals surface area contributed by atoms with Crippen molar-refractivity contribution in [1.29, 1.82) is 0 Å². The van der Waals surface area contributed by atoms with Crippen LogP contribution in [-0.2, 0) is 16.6 Å². The quantitative estimate of drug-likeness (QED) is 0.401. The number of nitrogens with zero attached hydrogens (tertiary/aromatic N) is 2. The van der Waals surface area contributed by atoms with Crippen LogP contribution in [0.15, 0.2) is 12.3 Å². The van der Waals surface area contributed by atoms with Crippen LogP contribution in [-0.4, -0.2) is 28.1 Å². The van der Waals surface area contributed by atoms with Crippen LogP contribution in [0.3, 0.4) is 0 Å². The largest absolute Gasteiger partial charge is 0.466 e. The van der Waals surface area contributed by atoms with Gasteiger partial charge < -0.3 is 4.74 Å². The molecule has 1 rings (SSSR count). The van der Waals surface area contributed by atoms with E-state index < -0.39 is 5.97 Å². The molecule has 76 valence electrons. The van der Waals surface area contributed by atoms with E-state index in [1.165, 1.54) is 4.68 Å². The molecule has 0 radical (unpaired) electrons. The molecule has 0 aromatic carbocycles. The molecule has 0 saturated carbocycles. The van der Waals surface area contributed by atoms with Crippen LogP contribution in [0.5, 0.6) is 0 Å². The molecule has 5 heteroatoms. The summed E-state index contributed by atoms with van der Waals surface area (Å²) in [4.78, 5) is 22.3. The van der Waals surface area contributed by atoms with Gasteiger partial charge in [-0.3, -0.25) is 14.3 Å². The predicted molar refractivity (Wildman–Crippen MR) is 48.8 cm³/mol. The van der Waals surface area contributed by atoms with Gasteiger partial charge in [-0.15, -0.1) is 0 Å². The number of aryl methyl sites for hydroxylation is 1. The Kier molecular flexibility index (Phi) is 3.39. The summed E-state index contributed by atoms with van der Waals surface area (Å²) in [5, 5.41) is 3.88. The highest BCUT2D eigenvalue weighted by Crippen LogP contribution is 2.00. The highest BCUT2D eigenvalue weighted by Gasteiger charge is 2.14. The van der Waals surface area contributed by atoms with Crippen molar-refractivity contribution in [1.82, 2.24) is 9.78 Å². The Morgan fingerprint density at radius 3 is 2.79 bits per heavy atom. The molecule has 0 atom stereocenters. The second kappa shape index (κ2) is 4.55. The van der Waals surface area contributed by atoms with E-state index in [9.17, 15) is 9.59 Å². The molecule has 0 unspecified atom stereocenters. The van der Waals surface area contributed by atoms with Crippen LogP contribution < -0.4 is 0 Å². The minimum absolute atomic E-state index is 0.245. The molecule has 0 amide bonds. The van der Waals surface area contributed by atoms with Gasteiger partial charge in [0.05, 0.1) is 6.61 Å². The summed E-state index contributed by atoms with van der Waals surface area (Å²) >= 11 is 0. The zero-order chi connectivity index (χ0) is 10.6. The van der Waals surface area contributed by atoms with Gasteiger partial charge in [-0.1, -0.05) is 0 Å². The van der Waals surface area contributed by atoms with Crippen molar-refractivity contribution >= 4 is 11.8 Å². The third-order valence-corrected chi connectivity index (χ3v) is 1.61. The molecule has 0 aliphatic heterocycles. The Labute approximate surface area is 81.7 Å². The van der Waals surface area contributed by atoms with Crippen LogP contribution in [0, 0.1) is 0 Å². The standard InChI is InChI=1S/C9H12N2O3/c1-3-14-9(13)6-8(12)7-4-5-11(2)10-7/h4-5H,3,6H2,1-2H3. The number of hydrogen-bond acceptors (Lipinski definition) is 4. The Hall–Kier alpha value is -1.65. The smallest absolute Gasteiger partial charge is 0.313 e. The molecule has 1 aromatic rings.